The van der Waals surface area contributed by atoms with Gasteiger partial charge in [-0.3, -0.25) is 14.5 Å². The van der Waals surface area contributed by atoms with Crippen LogP contribution in [-0.4, -0.2) is 176 Å². The Kier molecular flexibility index (Phi) is 23.5. The largest absolute Gasteiger partial charge is 0.491 e. The Balaban J connectivity index is 0.626. The van der Waals surface area contributed by atoms with Crippen molar-refractivity contribution in [1.29, 1.82) is 0 Å². The molecule has 1 saturated heterocycles. The summed E-state index contributed by atoms with van der Waals surface area (Å²) in [6.45, 7) is 12.8. The zero-order chi connectivity index (χ0) is 61.1. The zero-order valence-corrected chi connectivity index (χ0v) is 52.6. The van der Waals surface area contributed by atoms with Crippen LogP contribution >= 0.6 is 11.3 Å². The van der Waals surface area contributed by atoms with E-state index in [0.717, 1.165) is 120 Å². The van der Waals surface area contributed by atoms with Gasteiger partial charge in [-0.25, -0.2) is 24.4 Å². The molecule has 9 rings (SSSR count). The summed E-state index contributed by atoms with van der Waals surface area (Å²) < 4.78 is 43.0. The number of aromatic nitrogens is 5. The summed E-state index contributed by atoms with van der Waals surface area (Å²) in [6, 6.07) is 22.8. The minimum atomic E-state index is -0.857. The molecular weight excluding hydrogens is 1120 g/mol. The molecule has 20 nitrogen and oxygen atoms in total. The third-order valence-electron chi connectivity index (χ3n) is 15.9. The summed E-state index contributed by atoms with van der Waals surface area (Å²) in [5, 5.41) is 16.2. The number of nitrogens with zero attached hydrogens (tertiary/aromatic N) is 8. The fraction of sp³-hybridized carbons (Fsp3) is 0.530. The molecular formula is C66H88N10O10S. The number of carbonyl (C=O) groups excluding carboxylic acids is 3. The highest BCUT2D eigenvalue weighted by Crippen LogP contribution is 2.40. The maximum Gasteiger partial charge on any atom is 0.410 e. The van der Waals surface area contributed by atoms with Crippen molar-refractivity contribution in [2.24, 2.45) is 0 Å². The van der Waals surface area contributed by atoms with Crippen LogP contribution in [-0.2, 0) is 44.6 Å². The molecule has 21 heteroatoms. The van der Waals surface area contributed by atoms with E-state index in [1.165, 1.54) is 17.5 Å². The van der Waals surface area contributed by atoms with E-state index in [1.54, 1.807) is 39.0 Å². The quantitative estimate of drug-likeness (QED) is 0.0318. The summed E-state index contributed by atoms with van der Waals surface area (Å²) in [5.41, 5.74) is 4.99. The van der Waals surface area contributed by atoms with Crippen LogP contribution < -0.4 is 20.3 Å². The monoisotopic (exact) mass is 1210 g/mol. The number of likely N-dealkylation sites (tertiary alicyclic amines) is 1. The molecule has 87 heavy (non-hydrogen) atoms. The molecule has 2 fully saturated rings. The smallest absolute Gasteiger partial charge is 0.410 e. The van der Waals surface area contributed by atoms with E-state index >= 15 is 0 Å². The van der Waals surface area contributed by atoms with Crippen molar-refractivity contribution in [3.8, 4) is 28.3 Å². The highest BCUT2D eigenvalue weighted by atomic mass is 32.1. The van der Waals surface area contributed by atoms with E-state index in [2.05, 4.69) is 50.2 Å². The van der Waals surface area contributed by atoms with Gasteiger partial charge in [0, 0.05) is 56.3 Å². The number of likely N-dealkylation sites (N-methyl/N-ethyl adjacent to an activating group) is 1. The molecule has 3 aliphatic rings. The molecule has 0 unspecified atom stereocenters. The molecule has 3 aromatic heterocycles. The second-order valence-electron chi connectivity index (χ2n) is 23.6. The van der Waals surface area contributed by atoms with Crippen molar-refractivity contribution in [1.82, 2.24) is 39.8 Å². The Bertz CT molecular complexity index is 3200. The first-order valence-electron chi connectivity index (χ1n) is 30.9. The van der Waals surface area contributed by atoms with E-state index in [0.29, 0.717) is 85.1 Å². The lowest BCUT2D eigenvalue weighted by Crippen LogP contribution is -2.55. The van der Waals surface area contributed by atoms with Crippen molar-refractivity contribution in [2.45, 2.75) is 134 Å². The van der Waals surface area contributed by atoms with Gasteiger partial charge in [0.05, 0.1) is 101 Å². The number of hydrogen-bond donors (Lipinski definition) is 2. The summed E-state index contributed by atoms with van der Waals surface area (Å²) >= 11 is 1.55. The van der Waals surface area contributed by atoms with Crippen LogP contribution in [0.5, 0.6) is 5.75 Å². The number of thiazole rings is 1. The van der Waals surface area contributed by atoms with Crippen molar-refractivity contribution < 1.29 is 47.5 Å². The Morgan fingerprint density at radius 1 is 0.747 bits per heavy atom. The molecule has 0 radical (unpaired) electrons. The lowest BCUT2D eigenvalue weighted by atomic mass is 9.92. The van der Waals surface area contributed by atoms with Gasteiger partial charge in [-0.15, -0.1) is 11.3 Å². The standard InChI is InChI=1S/C66H88N10O10S/c1-46(74(7)65(79)86-66(2,3)4)60(77)72-59(48-19-12-9-13-20-48)63(78)75-32-16-23-57(75)61-70-56(45-87-61)52-28-29-58(53-22-15-14-21-51(52)53)85-42-40-83-38-36-81-34-33-80-35-37-82-39-41-84-50-26-24-49(25-27-50)69-64-67-31-30-55(71-64)54-43-68-76(62(54)73(5)6)44-47-17-10-8-11-18-47/h8,10-11,14-15,17-19,21-22,28-31,43,45-46,49-50,57,59H,9,12-13,16,20,23-27,32-42,44H2,1-7H3,(H,72,77)(H,67,69,71)/t46-,49?,50?,57-,59-/m0/s1. The second kappa shape index (κ2) is 31.8. The van der Waals surface area contributed by atoms with Gasteiger partial charge >= 0.3 is 6.09 Å². The fourth-order valence-corrected chi connectivity index (χ4v) is 12.3. The van der Waals surface area contributed by atoms with Crippen LogP contribution in [0.15, 0.2) is 102 Å². The summed E-state index contributed by atoms with van der Waals surface area (Å²) in [7, 11) is 5.60. The predicted octanol–water partition coefficient (Wildman–Crippen LogP) is 10.5. The molecule has 0 bridgehead atoms. The predicted molar refractivity (Wildman–Crippen MR) is 338 cm³/mol. The van der Waals surface area contributed by atoms with E-state index < -0.39 is 29.7 Å². The van der Waals surface area contributed by atoms with Crippen LogP contribution in [0, 0.1) is 0 Å². The number of allylic oxidation sites excluding steroid dienone is 1. The molecule has 6 aromatic rings. The molecule has 3 amide bonds. The summed E-state index contributed by atoms with van der Waals surface area (Å²) in [4.78, 5) is 61.1. The van der Waals surface area contributed by atoms with Gasteiger partial charge in [0.2, 0.25) is 17.8 Å². The molecule has 0 spiro atoms. The molecule has 468 valence electrons. The Hall–Kier alpha value is -7.01. The molecule has 1 saturated carbocycles. The third-order valence-corrected chi connectivity index (χ3v) is 16.9. The number of amides is 3. The normalized spacial score (nSPS) is 17.8. The number of rotatable bonds is 30. The second-order valence-corrected chi connectivity index (χ2v) is 24.5. The maximum absolute atomic E-state index is 14.6. The summed E-state index contributed by atoms with van der Waals surface area (Å²) in [5.74, 6) is 1.81. The average molecular weight is 1210 g/mol. The van der Waals surface area contributed by atoms with Gasteiger partial charge in [0.1, 0.15) is 40.9 Å². The van der Waals surface area contributed by atoms with Crippen molar-refractivity contribution in [2.75, 3.05) is 104 Å². The number of fused-ring (bicyclic) bond motifs is 1. The molecule has 1 aliphatic heterocycles. The lowest BCUT2D eigenvalue weighted by molar-refractivity contribution is -0.137. The first-order chi connectivity index (χ1) is 42.2. The Labute approximate surface area is 516 Å². The summed E-state index contributed by atoms with van der Waals surface area (Å²) in [6.07, 6.45) is 14.4. The van der Waals surface area contributed by atoms with Crippen molar-refractivity contribution in [3.63, 3.8) is 0 Å². The van der Waals surface area contributed by atoms with Crippen LogP contribution in [0.25, 0.3) is 33.3 Å². The van der Waals surface area contributed by atoms with Crippen LogP contribution in [0.2, 0.25) is 0 Å². The highest BCUT2D eigenvalue weighted by Gasteiger charge is 2.39. The minimum absolute atomic E-state index is 0.151. The van der Waals surface area contributed by atoms with E-state index in [-0.39, 0.29) is 24.1 Å². The van der Waals surface area contributed by atoms with Crippen molar-refractivity contribution >= 4 is 51.8 Å². The van der Waals surface area contributed by atoms with Gasteiger partial charge in [0.15, 0.2) is 0 Å². The van der Waals surface area contributed by atoms with Crippen LogP contribution in [0.1, 0.15) is 109 Å². The maximum atomic E-state index is 14.6. The molecule has 3 aromatic carbocycles. The number of anilines is 2. The number of nitrogens with one attached hydrogen (secondary N) is 2. The molecule has 2 aliphatic carbocycles. The van der Waals surface area contributed by atoms with Crippen LogP contribution in [0.4, 0.5) is 16.6 Å². The Morgan fingerprint density at radius 2 is 1.44 bits per heavy atom. The van der Waals surface area contributed by atoms with Gasteiger partial charge in [-0.05, 0) is 127 Å². The number of hydrogen-bond acceptors (Lipinski definition) is 17. The van der Waals surface area contributed by atoms with E-state index in [1.807, 2.05) is 90.7 Å². The average Bonchev–Trinajstić information content (AvgIpc) is 2.84. The molecule has 3 atom stereocenters. The van der Waals surface area contributed by atoms with Gasteiger partial charge in [-0.2, -0.15) is 5.10 Å². The van der Waals surface area contributed by atoms with Crippen LogP contribution in [0.3, 0.4) is 0 Å². The Morgan fingerprint density at radius 3 is 2.13 bits per heavy atom. The number of carbonyl (C=O) groups is 3. The third kappa shape index (κ3) is 18.1. The van der Waals surface area contributed by atoms with Gasteiger partial charge in [-0.1, -0.05) is 60.7 Å². The fourth-order valence-electron chi connectivity index (χ4n) is 11.3. The molecule has 2 N–H and O–H groups in total. The SMILES string of the molecule is C[C@@H](C(=O)N[C@H](C(=O)N1CCC[C@H]1c1nc(-c2ccc(OCCOCCOCCOCCOCCOC3CCC(Nc4nccc(-c5cnn(Cc6ccccc6)c5N(C)C)n4)CC3)c3ccccc23)cs1)C1=CCCCC1)N(C)C(=O)OC(C)(C)C. The van der Waals surface area contributed by atoms with Gasteiger partial charge in [0.25, 0.3) is 0 Å². The number of ether oxygens (including phenoxy) is 7. The van der Waals surface area contributed by atoms with E-state index in [4.69, 9.17) is 48.2 Å². The first kappa shape index (κ1) is 64.5. The van der Waals surface area contributed by atoms with Crippen molar-refractivity contribution in [3.05, 3.63) is 113 Å². The lowest BCUT2D eigenvalue weighted by Gasteiger charge is -2.33. The minimum Gasteiger partial charge on any atom is -0.491 e. The topological polar surface area (TPSA) is 206 Å². The van der Waals surface area contributed by atoms with E-state index in [9.17, 15) is 14.4 Å². The highest BCUT2D eigenvalue weighted by molar-refractivity contribution is 7.10. The first-order valence-corrected chi connectivity index (χ1v) is 31.7. The number of benzene rings is 3. The molecule has 4 heterocycles. The zero-order valence-electron chi connectivity index (χ0n) is 51.7. The van der Waals surface area contributed by atoms with Gasteiger partial charge < -0.3 is 53.6 Å².